The molecule has 4 atom stereocenters. The van der Waals surface area contributed by atoms with E-state index in [-0.39, 0.29) is 5.60 Å². The molecule has 1 spiro atoms. The highest BCUT2D eigenvalue weighted by atomic mass is 32.2. The van der Waals surface area contributed by atoms with Crippen LogP contribution in [0, 0.1) is 11.8 Å². The van der Waals surface area contributed by atoms with Gasteiger partial charge in [0.15, 0.2) is 0 Å². The SMILES string of the molecule is CCNC1CCCC1C1CCOC2(CCSC2)C1. The number of hydrogen-bond acceptors (Lipinski definition) is 3. The van der Waals surface area contributed by atoms with E-state index in [0.717, 1.165) is 31.0 Å². The minimum absolute atomic E-state index is 0.271. The van der Waals surface area contributed by atoms with Crippen molar-refractivity contribution in [3.63, 3.8) is 0 Å². The van der Waals surface area contributed by atoms with Crippen molar-refractivity contribution in [1.82, 2.24) is 5.32 Å². The normalized spacial score (nSPS) is 44.8. The van der Waals surface area contributed by atoms with Crippen LogP contribution < -0.4 is 5.32 Å². The van der Waals surface area contributed by atoms with Crippen LogP contribution in [-0.2, 0) is 4.74 Å². The van der Waals surface area contributed by atoms with Gasteiger partial charge in [0.05, 0.1) is 5.60 Å². The molecular formula is C15H27NOS. The fourth-order valence-electron chi connectivity index (χ4n) is 4.36. The standard InChI is InChI=1S/C15H27NOS/c1-2-16-14-5-3-4-13(14)12-6-8-17-15(10-12)7-9-18-11-15/h12-14,16H,2-11H2,1H3. The van der Waals surface area contributed by atoms with Crippen LogP contribution in [-0.4, -0.2) is 36.3 Å². The summed E-state index contributed by atoms with van der Waals surface area (Å²) in [5.41, 5.74) is 0.271. The van der Waals surface area contributed by atoms with Crippen LogP contribution in [0.1, 0.15) is 45.4 Å². The molecule has 1 N–H and O–H groups in total. The first-order chi connectivity index (χ1) is 8.83. The second-order valence-electron chi connectivity index (χ2n) is 6.35. The van der Waals surface area contributed by atoms with E-state index in [9.17, 15) is 0 Å². The van der Waals surface area contributed by atoms with Gasteiger partial charge in [0.1, 0.15) is 0 Å². The molecule has 3 aliphatic rings. The highest BCUT2D eigenvalue weighted by molar-refractivity contribution is 7.99. The van der Waals surface area contributed by atoms with Gasteiger partial charge in [-0.05, 0) is 56.2 Å². The molecule has 1 saturated carbocycles. The Morgan fingerprint density at radius 3 is 3.06 bits per heavy atom. The molecule has 0 aromatic carbocycles. The van der Waals surface area contributed by atoms with Crippen LogP contribution >= 0.6 is 11.8 Å². The Labute approximate surface area is 116 Å². The molecule has 3 heteroatoms. The average molecular weight is 269 g/mol. The molecule has 0 aromatic rings. The Morgan fingerprint density at radius 1 is 1.33 bits per heavy atom. The molecule has 2 saturated heterocycles. The van der Waals surface area contributed by atoms with E-state index in [1.54, 1.807) is 0 Å². The van der Waals surface area contributed by atoms with Gasteiger partial charge in [-0.2, -0.15) is 11.8 Å². The van der Waals surface area contributed by atoms with Gasteiger partial charge in [0.2, 0.25) is 0 Å². The van der Waals surface area contributed by atoms with Crippen LogP contribution in [0.4, 0.5) is 0 Å². The summed E-state index contributed by atoms with van der Waals surface area (Å²) in [7, 11) is 0. The average Bonchev–Trinajstić information content (AvgIpc) is 3.00. The summed E-state index contributed by atoms with van der Waals surface area (Å²) in [5, 5.41) is 3.72. The number of rotatable bonds is 3. The maximum atomic E-state index is 6.17. The van der Waals surface area contributed by atoms with Gasteiger partial charge in [-0.1, -0.05) is 13.3 Å². The minimum Gasteiger partial charge on any atom is -0.374 e. The van der Waals surface area contributed by atoms with Crippen molar-refractivity contribution in [2.75, 3.05) is 24.7 Å². The molecule has 4 unspecified atom stereocenters. The Hall–Kier alpha value is 0.270. The van der Waals surface area contributed by atoms with Crippen molar-refractivity contribution >= 4 is 11.8 Å². The first-order valence-corrected chi connectivity index (χ1v) is 8.93. The molecule has 0 bridgehead atoms. The van der Waals surface area contributed by atoms with Gasteiger partial charge < -0.3 is 10.1 Å². The van der Waals surface area contributed by atoms with Crippen molar-refractivity contribution < 1.29 is 4.74 Å². The molecule has 0 aromatic heterocycles. The Morgan fingerprint density at radius 2 is 2.28 bits per heavy atom. The second kappa shape index (κ2) is 5.72. The van der Waals surface area contributed by atoms with Crippen molar-refractivity contribution in [2.24, 2.45) is 11.8 Å². The molecule has 18 heavy (non-hydrogen) atoms. The Kier molecular flexibility index (Phi) is 4.21. The number of nitrogens with one attached hydrogen (secondary N) is 1. The van der Waals surface area contributed by atoms with E-state index in [2.05, 4.69) is 24.0 Å². The third-order valence-electron chi connectivity index (χ3n) is 5.24. The zero-order valence-electron chi connectivity index (χ0n) is 11.6. The first-order valence-electron chi connectivity index (χ1n) is 7.78. The molecule has 0 radical (unpaired) electrons. The molecule has 2 aliphatic heterocycles. The van der Waals surface area contributed by atoms with Crippen LogP contribution in [0.15, 0.2) is 0 Å². The van der Waals surface area contributed by atoms with Crippen LogP contribution in [0.25, 0.3) is 0 Å². The van der Waals surface area contributed by atoms with Crippen molar-refractivity contribution in [2.45, 2.75) is 57.1 Å². The number of hydrogen-bond donors (Lipinski definition) is 1. The van der Waals surface area contributed by atoms with Gasteiger partial charge in [-0.3, -0.25) is 0 Å². The lowest BCUT2D eigenvalue weighted by Gasteiger charge is -2.41. The van der Waals surface area contributed by atoms with E-state index >= 15 is 0 Å². The largest absolute Gasteiger partial charge is 0.374 e. The van der Waals surface area contributed by atoms with E-state index in [0.29, 0.717) is 0 Å². The van der Waals surface area contributed by atoms with Gasteiger partial charge in [0, 0.05) is 18.4 Å². The second-order valence-corrected chi connectivity index (χ2v) is 7.45. The number of ether oxygens (including phenoxy) is 1. The van der Waals surface area contributed by atoms with Crippen molar-refractivity contribution in [3.05, 3.63) is 0 Å². The van der Waals surface area contributed by atoms with Gasteiger partial charge >= 0.3 is 0 Å². The topological polar surface area (TPSA) is 21.3 Å². The summed E-state index contributed by atoms with van der Waals surface area (Å²) in [4.78, 5) is 0. The minimum atomic E-state index is 0.271. The molecule has 2 heterocycles. The summed E-state index contributed by atoms with van der Waals surface area (Å²) < 4.78 is 6.17. The third-order valence-corrected chi connectivity index (χ3v) is 6.46. The van der Waals surface area contributed by atoms with Gasteiger partial charge in [0.25, 0.3) is 0 Å². The molecule has 3 rings (SSSR count). The molecule has 3 fully saturated rings. The molecule has 1 aliphatic carbocycles. The first kappa shape index (κ1) is 13.3. The highest BCUT2D eigenvalue weighted by Crippen LogP contribution is 2.45. The van der Waals surface area contributed by atoms with E-state index in [1.165, 1.54) is 50.0 Å². The van der Waals surface area contributed by atoms with Crippen LogP contribution in [0.3, 0.4) is 0 Å². The van der Waals surface area contributed by atoms with Crippen LogP contribution in [0.2, 0.25) is 0 Å². The van der Waals surface area contributed by atoms with Crippen molar-refractivity contribution in [1.29, 1.82) is 0 Å². The lowest BCUT2D eigenvalue weighted by molar-refractivity contribution is -0.0903. The van der Waals surface area contributed by atoms with E-state index < -0.39 is 0 Å². The summed E-state index contributed by atoms with van der Waals surface area (Å²) in [6.07, 6.45) is 8.23. The summed E-state index contributed by atoms with van der Waals surface area (Å²) in [6, 6.07) is 0.796. The predicted molar refractivity (Wildman–Crippen MR) is 78.2 cm³/mol. The van der Waals surface area contributed by atoms with E-state index in [1.807, 2.05) is 0 Å². The monoisotopic (exact) mass is 269 g/mol. The fourth-order valence-corrected chi connectivity index (χ4v) is 5.74. The summed E-state index contributed by atoms with van der Waals surface area (Å²) >= 11 is 2.09. The molecule has 2 nitrogen and oxygen atoms in total. The Bertz CT molecular complexity index is 278. The zero-order chi connectivity index (χ0) is 12.4. The predicted octanol–water partition coefficient (Wildman–Crippen LogP) is 3.07. The summed E-state index contributed by atoms with van der Waals surface area (Å²) in [6.45, 7) is 4.39. The van der Waals surface area contributed by atoms with Crippen LogP contribution in [0.5, 0.6) is 0 Å². The lowest BCUT2D eigenvalue weighted by atomic mass is 9.76. The fraction of sp³-hybridized carbons (Fsp3) is 1.00. The summed E-state index contributed by atoms with van der Waals surface area (Å²) in [5.74, 6) is 4.41. The Balaban J connectivity index is 1.64. The number of thioether (sulfide) groups is 1. The van der Waals surface area contributed by atoms with Gasteiger partial charge in [-0.25, -0.2) is 0 Å². The lowest BCUT2D eigenvalue weighted by Crippen LogP contribution is -2.45. The zero-order valence-corrected chi connectivity index (χ0v) is 12.4. The third kappa shape index (κ3) is 2.59. The molecule has 104 valence electrons. The maximum Gasteiger partial charge on any atom is 0.0783 e. The highest BCUT2D eigenvalue weighted by Gasteiger charge is 2.44. The molecule has 0 amide bonds. The van der Waals surface area contributed by atoms with E-state index in [4.69, 9.17) is 4.74 Å². The smallest absolute Gasteiger partial charge is 0.0783 e. The quantitative estimate of drug-likeness (QED) is 0.851. The maximum absolute atomic E-state index is 6.17. The van der Waals surface area contributed by atoms with Crippen molar-refractivity contribution in [3.8, 4) is 0 Å². The van der Waals surface area contributed by atoms with Gasteiger partial charge in [-0.15, -0.1) is 0 Å². The molecular weight excluding hydrogens is 242 g/mol.